The molecule has 0 unspecified atom stereocenters. The normalized spacial score (nSPS) is 12.0. The summed E-state index contributed by atoms with van der Waals surface area (Å²) in [7, 11) is 0. The van der Waals surface area contributed by atoms with Crippen LogP contribution in [-0.2, 0) is 0 Å². The lowest BCUT2D eigenvalue weighted by atomic mass is 10.4. The van der Waals surface area contributed by atoms with Gasteiger partial charge in [0.15, 0.2) is 0 Å². The number of hydrogen-bond donors (Lipinski definition) is 0. The minimum Gasteiger partial charge on any atom is -0.0721 e. The summed E-state index contributed by atoms with van der Waals surface area (Å²) in [6.07, 6.45) is 0.771. The number of hydrogen-bond acceptors (Lipinski definition) is 0. The average Bonchev–Trinajstić information content (AvgIpc) is 1.35. The van der Waals surface area contributed by atoms with E-state index in [-0.39, 0.29) is 0 Å². The standard InChI is InChI=1S/C4H5Br2/c1-3-4(2,5)6/h3H2,1H3. The molecule has 0 fully saturated rings. The molecule has 0 saturated carbocycles. The predicted molar refractivity (Wildman–Crippen MR) is 34.1 cm³/mol. The van der Waals surface area contributed by atoms with Crippen LogP contribution < -0.4 is 0 Å². The first-order valence-corrected chi connectivity index (χ1v) is 3.27. The van der Waals surface area contributed by atoms with Gasteiger partial charge in [-0.05, 0) is 6.42 Å². The third kappa shape index (κ3) is 4.96. The Bertz CT molecular complexity index is 35.3. The number of rotatable bonds is 1. The fraction of sp³-hybridized carbons (Fsp3) is 0.750. The van der Waals surface area contributed by atoms with Crippen molar-refractivity contribution in [3.63, 3.8) is 0 Å². The molecule has 0 aromatic rings. The van der Waals surface area contributed by atoms with Crippen LogP contribution >= 0.6 is 31.9 Å². The first-order chi connectivity index (χ1) is 2.56. The number of alkyl halides is 2. The zero-order valence-corrected chi connectivity index (χ0v) is 6.64. The molecule has 0 bridgehead atoms. The second kappa shape index (κ2) is 2.31. The summed E-state index contributed by atoms with van der Waals surface area (Å²) in [6.45, 7) is 8.94. The quantitative estimate of drug-likeness (QED) is 0.586. The highest BCUT2D eigenvalue weighted by atomic mass is 79.9. The van der Waals surface area contributed by atoms with E-state index in [2.05, 4.69) is 31.9 Å². The van der Waals surface area contributed by atoms with E-state index in [9.17, 15) is 0 Å². The van der Waals surface area contributed by atoms with Crippen molar-refractivity contribution >= 4 is 31.9 Å². The molecule has 0 aliphatic carbocycles. The molecule has 0 aliphatic rings. The smallest absolute Gasteiger partial charge is 0.0721 e. The Morgan fingerprint density at radius 1 is 1.67 bits per heavy atom. The molecule has 2 heteroatoms. The van der Waals surface area contributed by atoms with Crippen molar-refractivity contribution in [2.45, 2.75) is 16.6 Å². The summed E-state index contributed by atoms with van der Waals surface area (Å²) in [5.41, 5.74) is 0. The van der Waals surface area contributed by atoms with Crippen molar-refractivity contribution in [1.82, 2.24) is 0 Å². The summed E-state index contributed by atoms with van der Waals surface area (Å²) >= 11 is 6.12. The van der Waals surface area contributed by atoms with E-state index >= 15 is 0 Å². The van der Waals surface area contributed by atoms with Crippen molar-refractivity contribution in [3.05, 3.63) is 6.92 Å². The lowest BCUT2D eigenvalue weighted by Gasteiger charge is -2.06. The molecule has 3 radical (unpaired) electrons. The molecule has 0 spiro atoms. The van der Waals surface area contributed by atoms with E-state index in [4.69, 9.17) is 6.92 Å². The zero-order chi connectivity index (χ0) is 5.21. The van der Waals surface area contributed by atoms with Crippen molar-refractivity contribution in [2.24, 2.45) is 0 Å². The Balaban J connectivity index is 3.17. The van der Waals surface area contributed by atoms with Crippen LogP contribution in [0.2, 0.25) is 0 Å². The maximum Gasteiger partial charge on any atom is 0.0878 e. The largest absolute Gasteiger partial charge is 0.0878 e. The Morgan fingerprint density at radius 2 is 1.83 bits per heavy atom. The van der Waals surface area contributed by atoms with Crippen LogP contribution in [0.1, 0.15) is 13.3 Å². The molecule has 0 nitrogen and oxygen atoms in total. The molecule has 0 aliphatic heterocycles. The van der Waals surface area contributed by atoms with Gasteiger partial charge in [0.1, 0.15) is 0 Å². The number of halogens is 2. The Labute approximate surface area is 55.6 Å². The lowest BCUT2D eigenvalue weighted by molar-refractivity contribution is 0.949. The summed E-state index contributed by atoms with van der Waals surface area (Å²) in [5, 5.41) is 0. The minimum atomic E-state index is -0.583. The average molecular weight is 213 g/mol. The van der Waals surface area contributed by atoms with Crippen LogP contribution in [0.5, 0.6) is 0 Å². The molecule has 0 saturated heterocycles. The molecule has 0 aromatic carbocycles. The van der Waals surface area contributed by atoms with Crippen LogP contribution in [-0.4, -0.2) is 3.23 Å². The molecule has 0 rings (SSSR count). The second-order valence-corrected chi connectivity index (χ2v) is 4.83. The third-order valence-electron chi connectivity index (χ3n) is 0.444. The molecule has 0 heterocycles. The zero-order valence-electron chi connectivity index (χ0n) is 3.46. The van der Waals surface area contributed by atoms with Crippen molar-refractivity contribution in [2.75, 3.05) is 0 Å². The van der Waals surface area contributed by atoms with Crippen molar-refractivity contribution in [3.8, 4) is 0 Å². The van der Waals surface area contributed by atoms with Crippen molar-refractivity contribution < 1.29 is 0 Å². The Morgan fingerprint density at radius 3 is 1.83 bits per heavy atom. The van der Waals surface area contributed by atoms with Gasteiger partial charge in [-0.25, -0.2) is 0 Å². The topological polar surface area (TPSA) is 0 Å². The van der Waals surface area contributed by atoms with Gasteiger partial charge in [0, 0.05) is 6.92 Å². The molecular formula is C4H5Br2. The van der Waals surface area contributed by atoms with Gasteiger partial charge in [-0.2, -0.15) is 0 Å². The summed E-state index contributed by atoms with van der Waals surface area (Å²) in [5.74, 6) is 0. The molecule has 35 valence electrons. The van der Waals surface area contributed by atoms with E-state index in [1.807, 2.05) is 6.92 Å². The van der Waals surface area contributed by atoms with Crippen molar-refractivity contribution in [1.29, 1.82) is 0 Å². The maximum absolute atomic E-state index is 7.01. The molecule has 0 atom stereocenters. The monoisotopic (exact) mass is 211 g/mol. The van der Waals surface area contributed by atoms with Crippen LogP contribution in [0.4, 0.5) is 0 Å². The molecule has 6 heavy (non-hydrogen) atoms. The first-order valence-electron chi connectivity index (χ1n) is 1.69. The van der Waals surface area contributed by atoms with E-state index in [0.717, 1.165) is 6.42 Å². The third-order valence-corrected chi connectivity index (χ3v) is 1.57. The van der Waals surface area contributed by atoms with E-state index < -0.39 is 3.23 Å². The second-order valence-electron chi connectivity index (χ2n) is 1.06. The van der Waals surface area contributed by atoms with Gasteiger partial charge in [0.05, 0.1) is 3.23 Å². The van der Waals surface area contributed by atoms with E-state index in [0.29, 0.717) is 0 Å². The van der Waals surface area contributed by atoms with Gasteiger partial charge in [0.25, 0.3) is 0 Å². The molecule has 0 amide bonds. The highest BCUT2D eigenvalue weighted by Crippen LogP contribution is 2.27. The minimum absolute atomic E-state index is 0.583. The first kappa shape index (κ1) is 6.96. The van der Waals surface area contributed by atoms with E-state index in [1.165, 1.54) is 0 Å². The van der Waals surface area contributed by atoms with Gasteiger partial charge < -0.3 is 0 Å². The van der Waals surface area contributed by atoms with Crippen LogP contribution in [0.3, 0.4) is 0 Å². The lowest BCUT2D eigenvalue weighted by Crippen LogP contribution is -1.99. The highest BCUT2D eigenvalue weighted by Gasteiger charge is 2.10. The molecule has 0 aromatic heterocycles. The van der Waals surface area contributed by atoms with Gasteiger partial charge in [0.2, 0.25) is 0 Å². The molecule has 0 N–H and O–H groups in total. The van der Waals surface area contributed by atoms with Gasteiger partial charge in [-0.15, -0.1) is 0 Å². The Kier molecular flexibility index (Phi) is 2.68. The van der Waals surface area contributed by atoms with Gasteiger partial charge >= 0.3 is 0 Å². The fourth-order valence-corrected chi connectivity index (χ4v) is 0. The summed E-state index contributed by atoms with van der Waals surface area (Å²) in [4.78, 5) is 0. The summed E-state index contributed by atoms with van der Waals surface area (Å²) in [6, 6.07) is 0. The highest BCUT2D eigenvalue weighted by molar-refractivity contribution is 9.25. The Hall–Kier alpha value is 0.960. The van der Waals surface area contributed by atoms with Gasteiger partial charge in [-0.1, -0.05) is 38.8 Å². The summed E-state index contributed by atoms with van der Waals surface area (Å²) < 4.78 is -0.583. The van der Waals surface area contributed by atoms with Crippen LogP contribution in [0.15, 0.2) is 0 Å². The maximum atomic E-state index is 7.01. The van der Waals surface area contributed by atoms with Gasteiger partial charge in [-0.3, -0.25) is 0 Å². The van der Waals surface area contributed by atoms with E-state index in [1.54, 1.807) is 0 Å². The van der Waals surface area contributed by atoms with Crippen LogP contribution in [0, 0.1) is 6.92 Å². The molecular weight excluding hydrogens is 208 g/mol. The van der Waals surface area contributed by atoms with Crippen LogP contribution in [0.25, 0.3) is 0 Å². The predicted octanol–water partition coefficient (Wildman–Crippen LogP) is 2.47. The fourth-order valence-electron chi connectivity index (χ4n) is 0. The SMILES string of the molecule is [C]C(Br)(Br)CC.